The van der Waals surface area contributed by atoms with Gasteiger partial charge < -0.3 is 9.72 Å². The number of aromatic amines is 1. The molecule has 0 radical (unpaired) electrons. The molecule has 2 aliphatic rings. The number of rotatable bonds is 4. The van der Waals surface area contributed by atoms with E-state index in [2.05, 4.69) is 20.9 Å². The fraction of sp³-hybridized carbons (Fsp3) is 0.571. The number of nitrogens with one attached hydrogen (secondary N) is 1. The minimum absolute atomic E-state index is 0.124. The van der Waals surface area contributed by atoms with E-state index in [0.29, 0.717) is 0 Å². The normalized spacial score (nSPS) is 22.7. The van der Waals surface area contributed by atoms with Gasteiger partial charge in [0.2, 0.25) is 0 Å². The van der Waals surface area contributed by atoms with E-state index in [9.17, 15) is 4.79 Å². The second-order valence-corrected chi connectivity index (χ2v) is 7.86. The Hall–Kier alpha value is -1.69. The second-order valence-electron chi connectivity index (χ2n) is 7.86. The van der Waals surface area contributed by atoms with E-state index in [0.717, 1.165) is 74.0 Å². The van der Waals surface area contributed by atoms with Crippen molar-refractivity contribution in [3.8, 4) is 0 Å². The molecule has 3 heterocycles. The molecule has 4 rings (SSSR count). The van der Waals surface area contributed by atoms with Gasteiger partial charge in [-0.1, -0.05) is 11.6 Å². The maximum Gasteiger partial charge on any atom is 0.189 e. The highest BCUT2D eigenvalue weighted by Gasteiger charge is 2.23. The van der Waals surface area contributed by atoms with E-state index in [1.165, 1.54) is 19.4 Å². The molecule has 2 saturated heterocycles. The first kappa shape index (κ1) is 17.7. The van der Waals surface area contributed by atoms with Gasteiger partial charge in [-0.25, -0.2) is 0 Å². The lowest BCUT2D eigenvalue weighted by molar-refractivity contribution is 0.0223. The molecular formula is C21H29N3O2. The highest BCUT2D eigenvalue weighted by Crippen LogP contribution is 2.20. The largest absolute Gasteiger partial charge is 0.379 e. The number of ether oxygens (including phenoxy) is 1. The zero-order valence-electron chi connectivity index (χ0n) is 15.7. The predicted molar refractivity (Wildman–Crippen MR) is 105 cm³/mol. The predicted octanol–water partition coefficient (Wildman–Crippen LogP) is 2.38. The number of morpholine rings is 1. The van der Waals surface area contributed by atoms with Crippen molar-refractivity contribution in [2.45, 2.75) is 26.3 Å². The molecule has 0 bridgehead atoms. The number of benzene rings is 1. The second kappa shape index (κ2) is 7.91. The molecule has 1 aromatic carbocycles. The minimum atomic E-state index is 0.124. The molecule has 140 valence electrons. The van der Waals surface area contributed by atoms with Crippen molar-refractivity contribution in [2.75, 3.05) is 45.9 Å². The summed E-state index contributed by atoms with van der Waals surface area (Å²) in [6, 6.07) is 7.83. The molecule has 5 heteroatoms. The van der Waals surface area contributed by atoms with Gasteiger partial charge in [0, 0.05) is 55.4 Å². The van der Waals surface area contributed by atoms with Crippen molar-refractivity contribution in [1.29, 1.82) is 0 Å². The average molecular weight is 355 g/mol. The lowest BCUT2D eigenvalue weighted by Crippen LogP contribution is -2.44. The van der Waals surface area contributed by atoms with E-state index in [4.69, 9.17) is 4.74 Å². The van der Waals surface area contributed by atoms with Gasteiger partial charge in [0.15, 0.2) is 5.43 Å². The summed E-state index contributed by atoms with van der Waals surface area (Å²) in [7, 11) is 0. The first-order valence-corrected chi connectivity index (χ1v) is 9.82. The van der Waals surface area contributed by atoms with Crippen molar-refractivity contribution in [3.63, 3.8) is 0 Å². The van der Waals surface area contributed by atoms with Crippen molar-refractivity contribution in [2.24, 2.45) is 5.92 Å². The molecule has 0 spiro atoms. The summed E-state index contributed by atoms with van der Waals surface area (Å²) in [6.45, 7) is 10.1. The van der Waals surface area contributed by atoms with Gasteiger partial charge in [0.05, 0.1) is 13.2 Å². The maximum absolute atomic E-state index is 12.5. The molecule has 2 fully saturated rings. The Morgan fingerprint density at radius 2 is 2.00 bits per heavy atom. The van der Waals surface area contributed by atoms with E-state index >= 15 is 0 Å². The van der Waals surface area contributed by atoms with Crippen LogP contribution in [0.3, 0.4) is 0 Å². The summed E-state index contributed by atoms with van der Waals surface area (Å²) in [5.41, 5.74) is 3.22. The summed E-state index contributed by atoms with van der Waals surface area (Å²) in [4.78, 5) is 21.0. The van der Waals surface area contributed by atoms with Gasteiger partial charge in [-0.3, -0.25) is 14.6 Å². The smallest absolute Gasteiger partial charge is 0.189 e. The van der Waals surface area contributed by atoms with Crippen molar-refractivity contribution >= 4 is 10.9 Å². The Morgan fingerprint density at radius 1 is 1.15 bits per heavy atom. The Bertz CT molecular complexity index is 810. The summed E-state index contributed by atoms with van der Waals surface area (Å²) >= 11 is 0. The van der Waals surface area contributed by atoms with Gasteiger partial charge in [-0.2, -0.15) is 0 Å². The summed E-state index contributed by atoms with van der Waals surface area (Å²) in [6.07, 6.45) is 2.55. The number of nitrogens with zero attached hydrogens (tertiary/aromatic N) is 2. The molecule has 2 aliphatic heterocycles. The SMILES string of the molecule is Cc1ccc2[nH]c(CN3CCC[C@H](CN4CCOCC4)C3)cc(=O)c2c1. The Kier molecular flexibility index (Phi) is 5.38. The number of piperidine rings is 1. The van der Waals surface area contributed by atoms with Crippen LogP contribution in [0.4, 0.5) is 0 Å². The van der Waals surface area contributed by atoms with Crippen LogP contribution in [0.2, 0.25) is 0 Å². The number of pyridine rings is 1. The van der Waals surface area contributed by atoms with Crippen LogP contribution in [0.25, 0.3) is 10.9 Å². The molecule has 2 aromatic rings. The zero-order chi connectivity index (χ0) is 17.9. The summed E-state index contributed by atoms with van der Waals surface area (Å²) < 4.78 is 5.46. The molecular weight excluding hydrogens is 326 g/mol. The highest BCUT2D eigenvalue weighted by atomic mass is 16.5. The fourth-order valence-corrected chi connectivity index (χ4v) is 4.33. The lowest BCUT2D eigenvalue weighted by atomic mass is 9.97. The molecule has 0 saturated carbocycles. The van der Waals surface area contributed by atoms with E-state index in [1.807, 2.05) is 19.1 Å². The molecule has 0 amide bonds. The van der Waals surface area contributed by atoms with Crippen molar-refractivity contribution < 1.29 is 4.74 Å². The number of hydrogen-bond acceptors (Lipinski definition) is 4. The van der Waals surface area contributed by atoms with Crippen LogP contribution in [0.15, 0.2) is 29.1 Å². The molecule has 0 aliphatic carbocycles. The van der Waals surface area contributed by atoms with E-state index in [-0.39, 0.29) is 5.43 Å². The van der Waals surface area contributed by atoms with Crippen LogP contribution in [-0.2, 0) is 11.3 Å². The highest BCUT2D eigenvalue weighted by molar-refractivity contribution is 5.79. The lowest BCUT2D eigenvalue weighted by Gasteiger charge is -2.36. The Balaban J connectivity index is 1.42. The van der Waals surface area contributed by atoms with Crippen LogP contribution >= 0.6 is 0 Å². The van der Waals surface area contributed by atoms with Crippen molar-refractivity contribution in [3.05, 3.63) is 45.7 Å². The molecule has 1 atom stereocenters. The number of fused-ring (bicyclic) bond motifs is 1. The monoisotopic (exact) mass is 355 g/mol. The van der Waals surface area contributed by atoms with Gasteiger partial charge in [0.1, 0.15) is 0 Å². The molecule has 0 unspecified atom stereocenters. The van der Waals surface area contributed by atoms with Gasteiger partial charge in [0.25, 0.3) is 0 Å². The quantitative estimate of drug-likeness (QED) is 0.915. The summed E-state index contributed by atoms with van der Waals surface area (Å²) in [5.74, 6) is 0.719. The topological polar surface area (TPSA) is 48.6 Å². The number of H-pyrrole nitrogens is 1. The number of aromatic nitrogens is 1. The fourth-order valence-electron chi connectivity index (χ4n) is 4.33. The minimum Gasteiger partial charge on any atom is -0.379 e. The first-order valence-electron chi connectivity index (χ1n) is 9.82. The molecule has 1 aromatic heterocycles. The third-order valence-electron chi connectivity index (χ3n) is 5.66. The molecule has 26 heavy (non-hydrogen) atoms. The van der Waals surface area contributed by atoms with Crippen LogP contribution < -0.4 is 5.43 Å². The standard InChI is InChI=1S/C21H29N3O2/c1-16-4-5-20-19(11-16)21(25)12-18(22-20)15-24-6-2-3-17(14-24)13-23-7-9-26-10-8-23/h4-5,11-12,17H,2-3,6-10,13-15H2,1H3,(H,22,25)/t17-/m1/s1. The van der Waals surface area contributed by atoms with Gasteiger partial charge in [-0.05, 0) is 44.4 Å². The van der Waals surface area contributed by atoms with Crippen molar-refractivity contribution in [1.82, 2.24) is 14.8 Å². The van der Waals surface area contributed by atoms with Crippen LogP contribution in [0, 0.1) is 12.8 Å². The third-order valence-corrected chi connectivity index (χ3v) is 5.66. The molecule has 1 N–H and O–H groups in total. The first-order chi connectivity index (χ1) is 12.7. The van der Waals surface area contributed by atoms with Gasteiger partial charge in [-0.15, -0.1) is 0 Å². The summed E-state index contributed by atoms with van der Waals surface area (Å²) in [5, 5.41) is 0.789. The number of likely N-dealkylation sites (tertiary alicyclic amines) is 1. The van der Waals surface area contributed by atoms with E-state index < -0.39 is 0 Å². The third kappa shape index (κ3) is 4.17. The average Bonchev–Trinajstić information content (AvgIpc) is 2.64. The number of aryl methyl sites for hydroxylation is 1. The van der Waals surface area contributed by atoms with Gasteiger partial charge >= 0.3 is 0 Å². The maximum atomic E-state index is 12.5. The Morgan fingerprint density at radius 3 is 2.85 bits per heavy atom. The Labute approximate surface area is 154 Å². The van der Waals surface area contributed by atoms with Crippen LogP contribution in [0.5, 0.6) is 0 Å². The molecule has 5 nitrogen and oxygen atoms in total. The van der Waals surface area contributed by atoms with Crippen LogP contribution in [0.1, 0.15) is 24.1 Å². The van der Waals surface area contributed by atoms with E-state index in [1.54, 1.807) is 6.07 Å². The number of hydrogen-bond donors (Lipinski definition) is 1. The zero-order valence-corrected chi connectivity index (χ0v) is 15.7. The van der Waals surface area contributed by atoms with Crippen LogP contribution in [-0.4, -0.2) is 60.7 Å².